The lowest BCUT2D eigenvalue weighted by Crippen LogP contribution is -2.44. The molecule has 1 aromatic rings. The number of carbonyl (C=O) groups excluding carboxylic acids is 4. The van der Waals surface area contributed by atoms with Gasteiger partial charge in [-0.3, -0.25) is 19.3 Å². The average molecular weight is 371 g/mol. The van der Waals surface area contributed by atoms with E-state index in [0.717, 1.165) is 28.9 Å². The highest BCUT2D eigenvalue weighted by Gasteiger charge is 2.51. The fraction of sp³-hybridized carbons (Fsp3) is 0.524. The lowest BCUT2D eigenvalue weighted by Gasteiger charge is -2.21. The predicted octanol–water partition coefficient (Wildman–Crippen LogP) is 2.59. The first-order chi connectivity index (χ1) is 12.8. The lowest BCUT2D eigenvalue weighted by atomic mass is 9.81. The first-order valence-corrected chi connectivity index (χ1v) is 9.45. The molecule has 0 radical (unpaired) electrons. The third-order valence-corrected chi connectivity index (χ3v) is 5.64. The van der Waals surface area contributed by atoms with E-state index in [-0.39, 0.29) is 29.4 Å². The number of ketones is 1. The van der Waals surface area contributed by atoms with Crippen LogP contribution in [0.1, 0.15) is 54.1 Å². The van der Waals surface area contributed by atoms with Gasteiger partial charge in [0, 0.05) is 5.56 Å². The SMILES string of the molecule is Cc1ccc(C)c(C(=O)COC(=O)[C@H](C)N2C(=O)[C@H]3CCCC[C@@H]3C2=O)c1. The Morgan fingerprint density at radius 3 is 2.30 bits per heavy atom. The number of ether oxygens (including phenoxy) is 1. The molecule has 3 rings (SSSR count). The number of imide groups is 1. The summed E-state index contributed by atoms with van der Waals surface area (Å²) in [5, 5.41) is 0. The molecule has 1 aliphatic carbocycles. The molecule has 0 bridgehead atoms. The van der Waals surface area contributed by atoms with Crippen LogP contribution in [0.25, 0.3) is 0 Å². The van der Waals surface area contributed by atoms with Crippen molar-refractivity contribution in [3.63, 3.8) is 0 Å². The Kier molecular flexibility index (Phi) is 5.44. The molecule has 3 atom stereocenters. The van der Waals surface area contributed by atoms with Crippen molar-refractivity contribution < 1.29 is 23.9 Å². The molecule has 2 amide bonds. The summed E-state index contributed by atoms with van der Waals surface area (Å²) in [6.07, 6.45) is 3.24. The van der Waals surface area contributed by atoms with E-state index in [4.69, 9.17) is 4.74 Å². The fourth-order valence-corrected chi connectivity index (χ4v) is 4.05. The van der Waals surface area contributed by atoms with E-state index < -0.39 is 18.6 Å². The Hall–Kier alpha value is -2.50. The Bertz CT molecular complexity index is 776. The number of Topliss-reactive ketones (excluding diaryl/α,β-unsaturated/α-hetero) is 1. The normalized spacial score (nSPS) is 23.1. The summed E-state index contributed by atoms with van der Waals surface area (Å²) in [5.74, 6) is -2.21. The number of likely N-dealkylation sites (tertiary alicyclic amines) is 1. The highest BCUT2D eigenvalue weighted by Crippen LogP contribution is 2.38. The largest absolute Gasteiger partial charge is 0.456 e. The maximum absolute atomic E-state index is 12.6. The van der Waals surface area contributed by atoms with Crippen LogP contribution in [-0.4, -0.2) is 41.1 Å². The average Bonchev–Trinajstić information content (AvgIpc) is 2.92. The van der Waals surface area contributed by atoms with Crippen molar-refractivity contribution in [2.75, 3.05) is 6.61 Å². The standard InChI is InChI=1S/C21H25NO5/c1-12-8-9-13(2)17(10-12)18(23)11-27-21(26)14(3)22-19(24)15-6-4-5-7-16(15)20(22)25/h8-10,14-16H,4-7,11H2,1-3H3/t14-,15-,16-/m0/s1. The predicted molar refractivity (Wildman–Crippen MR) is 98.0 cm³/mol. The number of rotatable bonds is 5. The quantitative estimate of drug-likeness (QED) is 0.451. The van der Waals surface area contributed by atoms with E-state index in [2.05, 4.69) is 0 Å². The summed E-state index contributed by atoms with van der Waals surface area (Å²) in [4.78, 5) is 51.0. The molecule has 1 saturated heterocycles. The third kappa shape index (κ3) is 3.66. The molecule has 1 saturated carbocycles. The van der Waals surface area contributed by atoms with Crippen LogP contribution in [0.2, 0.25) is 0 Å². The second-order valence-corrected chi connectivity index (χ2v) is 7.57. The second kappa shape index (κ2) is 7.62. The number of benzene rings is 1. The number of amides is 2. The lowest BCUT2D eigenvalue weighted by molar-refractivity contribution is -0.157. The van der Waals surface area contributed by atoms with E-state index in [0.29, 0.717) is 18.4 Å². The van der Waals surface area contributed by atoms with Crippen LogP contribution in [0, 0.1) is 25.7 Å². The Morgan fingerprint density at radius 1 is 1.11 bits per heavy atom. The van der Waals surface area contributed by atoms with Gasteiger partial charge in [-0.2, -0.15) is 0 Å². The molecule has 1 aromatic carbocycles. The summed E-state index contributed by atoms with van der Waals surface area (Å²) < 4.78 is 5.14. The molecule has 1 heterocycles. The minimum atomic E-state index is -1.01. The molecule has 2 aliphatic rings. The molecule has 27 heavy (non-hydrogen) atoms. The first kappa shape index (κ1) is 19.3. The molecule has 2 fully saturated rings. The van der Waals surface area contributed by atoms with Gasteiger partial charge < -0.3 is 4.74 Å². The molecule has 6 heteroatoms. The van der Waals surface area contributed by atoms with Crippen molar-refractivity contribution in [2.45, 2.75) is 52.5 Å². The van der Waals surface area contributed by atoms with Crippen molar-refractivity contribution in [2.24, 2.45) is 11.8 Å². The summed E-state index contributed by atoms with van der Waals surface area (Å²) >= 11 is 0. The number of aryl methyl sites for hydroxylation is 2. The number of hydrogen-bond acceptors (Lipinski definition) is 5. The first-order valence-electron chi connectivity index (χ1n) is 9.45. The maximum atomic E-state index is 12.6. The molecule has 0 spiro atoms. The topological polar surface area (TPSA) is 80.8 Å². The van der Waals surface area contributed by atoms with Crippen molar-refractivity contribution in [1.29, 1.82) is 0 Å². The zero-order valence-electron chi connectivity index (χ0n) is 16.0. The number of hydrogen-bond donors (Lipinski definition) is 0. The summed E-state index contributed by atoms with van der Waals surface area (Å²) in [6, 6.07) is 4.50. The van der Waals surface area contributed by atoms with Gasteiger partial charge in [-0.25, -0.2) is 4.79 Å². The number of esters is 1. The minimum Gasteiger partial charge on any atom is -0.456 e. The summed E-state index contributed by atoms with van der Waals surface area (Å²) in [7, 11) is 0. The molecule has 0 unspecified atom stereocenters. The van der Waals surface area contributed by atoms with E-state index in [1.165, 1.54) is 6.92 Å². The molecule has 144 valence electrons. The summed E-state index contributed by atoms with van der Waals surface area (Å²) in [6.45, 7) is 4.78. The monoisotopic (exact) mass is 371 g/mol. The minimum absolute atomic E-state index is 0.282. The van der Waals surface area contributed by atoms with Crippen molar-refractivity contribution in [3.8, 4) is 0 Å². The van der Waals surface area contributed by atoms with Gasteiger partial charge in [0.1, 0.15) is 6.04 Å². The van der Waals surface area contributed by atoms with Crippen LogP contribution in [0.3, 0.4) is 0 Å². The van der Waals surface area contributed by atoms with Crippen LogP contribution in [0.15, 0.2) is 18.2 Å². The highest BCUT2D eigenvalue weighted by molar-refractivity contribution is 6.08. The zero-order valence-corrected chi connectivity index (χ0v) is 16.0. The zero-order chi connectivity index (χ0) is 19.7. The van der Waals surface area contributed by atoms with Gasteiger partial charge in [0.2, 0.25) is 17.6 Å². The fourth-order valence-electron chi connectivity index (χ4n) is 4.05. The highest BCUT2D eigenvalue weighted by atomic mass is 16.5. The second-order valence-electron chi connectivity index (χ2n) is 7.57. The number of carbonyl (C=O) groups is 4. The molecule has 1 aliphatic heterocycles. The van der Waals surface area contributed by atoms with E-state index in [1.54, 1.807) is 6.07 Å². The Labute approximate surface area is 158 Å². The van der Waals surface area contributed by atoms with Gasteiger partial charge in [0.25, 0.3) is 0 Å². The molecule has 6 nitrogen and oxygen atoms in total. The smallest absolute Gasteiger partial charge is 0.329 e. The molecular formula is C21H25NO5. The van der Waals surface area contributed by atoms with Gasteiger partial charge >= 0.3 is 5.97 Å². The third-order valence-electron chi connectivity index (χ3n) is 5.64. The van der Waals surface area contributed by atoms with Gasteiger partial charge in [0.05, 0.1) is 11.8 Å². The van der Waals surface area contributed by atoms with Crippen LogP contribution in [0.4, 0.5) is 0 Å². The summed E-state index contributed by atoms with van der Waals surface area (Å²) in [5.41, 5.74) is 2.26. The van der Waals surface area contributed by atoms with Gasteiger partial charge in [-0.05, 0) is 45.2 Å². The maximum Gasteiger partial charge on any atom is 0.329 e. The van der Waals surface area contributed by atoms with Crippen LogP contribution in [0.5, 0.6) is 0 Å². The van der Waals surface area contributed by atoms with E-state index in [1.807, 2.05) is 26.0 Å². The van der Waals surface area contributed by atoms with Crippen molar-refractivity contribution >= 4 is 23.6 Å². The Morgan fingerprint density at radius 2 is 1.70 bits per heavy atom. The molecular weight excluding hydrogens is 346 g/mol. The van der Waals surface area contributed by atoms with Gasteiger partial charge in [0.15, 0.2) is 6.61 Å². The van der Waals surface area contributed by atoms with Crippen LogP contribution in [-0.2, 0) is 19.1 Å². The van der Waals surface area contributed by atoms with Crippen molar-refractivity contribution in [3.05, 3.63) is 34.9 Å². The number of fused-ring (bicyclic) bond motifs is 1. The van der Waals surface area contributed by atoms with Crippen LogP contribution < -0.4 is 0 Å². The van der Waals surface area contributed by atoms with E-state index >= 15 is 0 Å². The Balaban J connectivity index is 1.64. The van der Waals surface area contributed by atoms with Crippen molar-refractivity contribution in [1.82, 2.24) is 4.90 Å². The molecule has 0 aromatic heterocycles. The molecule has 0 N–H and O–H groups in total. The van der Waals surface area contributed by atoms with Crippen LogP contribution >= 0.6 is 0 Å². The van der Waals surface area contributed by atoms with Gasteiger partial charge in [-0.15, -0.1) is 0 Å². The number of nitrogens with zero attached hydrogens (tertiary/aromatic N) is 1. The van der Waals surface area contributed by atoms with Gasteiger partial charge in [-0.1, -0.05) is 30.5 Å². The van der Waals surface area contributed by atoms with E-state index in [9.17, 15) is 19.2 Å².